The predicted octanol–water partition coefficient (Wildman–Crippen LogP) is 4.61. The molecule has 0 aliphatic carbocycles. The van der Waals surface area contributed by atoms with E-state index >= 15 is 0 Å². The van der Waals surface area contributed by atoms with Crippen molar-refractivity contribution in [3.8, 4) is 11.1 Å². The number of hydrogen-bond acceptors (Lipinski definition) is 4. The Balaban J connectivity index is 1.89. The van der Waals surface area contributed by atoms with Gasteiger partial charge in [-0.3, -0.25) is 0 Å². The first kappa shape index (κ1) is 18.8. The fourth-order valence-corrected chi connectivity index (χ4v) is 3.37. The van der Waals surface area contributed by atoms with Gasteiger partial charge in [-0.15, -0.1) is 0 Å². The number of nitrogens with zero attached hydrogens (tertiary/aromatic N) is 3. The summed E-state index contributed by atoms with van der Waals surface area (Å²) in [4.78, 5) is 16.8. The summed E-state index contributed by atoms with van der Waals surface area (Å²) in [5, 5.41) is 4.76. The smallest absolute Gasteiger partial charge is 0.341 e. The number of esters is 1. The third-order valence-electron chi connectivity index (χ3n) is 4.80. The second-order valence-corrected chi connectivity index (χ2v) is 6.70. The Morgan fingerprint density at radius 2 is 1.83 bits per heavy atom. The van der Waals surface area contributed by atoms with Crippen molar-refractivity contribution in [2.24, 2.45) is 0 Å². The first-order valence-electron chi connectivity index (χ1n) is 9.42. The number of benzene rings is 2. The topological polar surface area (TPSA) is 56.5 Å². The number of rotatable bonds is 5. The van der Waals surface area contributed by atoms with Gasteiger partial charge in [0, 0.05) is 12.6 Å². The maximum absolute atomic E-state index is 13.3. The zero-order valence-electron chi connectivity index (χ0n) is 16.2. The van der Waals surface area contributed by atoms with Crippen LogP contribution in [0.15, 0.2) is 60.8 Å². The van der Waals surface area contributed by atoms with Gasteiger partial charge in [0.05, 0.1) is 29.1 Å². The molecular weight excluding hydrogens is 369 g/mol. The number of hydrogen-bond donors (Lipinski definition) is 0. The van der Waals surface area contributed by atoms with Gasteiger partial charge in [0.15, 0.2) is 5.65 Å². The Kier molecular flexibility index (Phi) is 5.08. The first-order chi connectivity index (χ1) is 14.1. The highest BCUT2D eigenvalue weighted by Crippen LogP contribution is 2.30. The van der Waals surface area contributed by atoms with Crippen LogP contribution in [0.4, 0.5) is 4.39 Å². The zero-order chi connectivity index (χ0) is 20.4. The van der Waals surface area contributed by atoms with Crippen molar-refractivity contribution in [3.63, 3.8) is 0 Å². The molecular formula is C23H20FN3O2. The molecule has 0 aliphatic heterocycles. The van der Waals surface area contributed by atoms with Gasteiger partial charge in [0.1, 0.15) is 5.82 Å². The standard InChI is InChI=1S/C23H20FN3O2/c1-3-29-23(28)19-14-25-22-21(17-7-5-4-6-8-17)20(26-27(22)15(19)2)13-16-9-11-18(24)12-10-16/h4-12,14H,3,13H2,1-2H3. The van der Waals surface area contributed by atoms with E-state index in [9.17, 15) is 9.18 Å². The molecule has 0 unspecified atom stereocenters. The Morgan fingerprint density at radius 3 is 2.52 bits per heavy atom. The van der Waals surface area contributed by atoms with Crippen LogP contribution in [-0.2, 0) is 11.2 Å². The summed E-state index contributed by atoms with van der Waals surface area (Å²) < 4.78 is 20.1. The number of aryl methyl sites for hydroxylation is 1. The van der Waals surface area contributed by atoms with E-state index in [0.29, 0.717) is 29.9 Å². The maximum Gasteiger partial charge on any atom is 0.341 e. The van der Waals surface area contributed by atoms with Gasteiger partial charge in [0.25, 0.3) is 0 Å². The molecule has 0 atom stereocenters. The minimum absolute atomic E-state index is 0.274. The Hall–Kier alpha value is -3.54. The van der Waals surface area contributed by atoms with Crippen molar-refractivity contribution in [1.82, 2.24) is 14.6 Å². The van der Waals surface area contributed by atoms with Crippen LogP contribution in [0.2, 0.25) is 0 Å². The Bertz CT molecular complexity index is 1170. The summed E-state index contributed by atoms with van der Waals surface area (Å²) in [6.45, 7) is 3.88. The van der Waals surface area contributed by atoms with Gasteiger partial charge in [-0.05, 0) is 37.1 Å². The lowest BCUT2D eigenvalue weighted by molar-refractivity contribution is 0.0524. The lowest BCUT2D eigenvalue weighted by Crippen LogP contribution is -2.11. The molecule has 2 heterocycles. The van der Waals surface area contributed by atoms with Crippen molar-refractivity contribution in [2.75, 3.05) is 6.61 Å². The zero-order valence-corrected chi connectivity index (χ0v) is 16.2. The molecule has 4 aromatic rings. The molecule has 2 aromatic carbocycles. The second kappa shape index (κ2) is 7.83. The number of halogens is 1. The molecule has 2 aromatic heterocycles. The molecule has 6 heteroatoms. The Morgan fingerprint density at radius 1 is 1.10 bits per heavy atom. The number of aromatic nitrogens is 3. The fourth-order valence-electron chi connectivity index (χ4n) is 3.37. The number of carbonyl (C=O) groups excluding carboxylic acids is 1. The molecule has 0 fully saturated rings. The van der Waals surface area contributed by atoms with E-state index in [-0.39, 0.29) is 5.82 Å². The van der Waals surface area contributed by atoms with Gasteiger partial charge in [-0.2, -0.15) is 5.10 Å². The Labute approximate surface area is 167 Å². The van der Waals surface area contributed by atoms with Gasteiger partial charge in [-0.1, -0.05) is 42.5 Å². The van der Waals surface area contributed by atoms with Crippen molar-refractivity contribution in [1.29, 1.82) is 0 Å². The number of ether oxygens (including phenoxy) is 1. The van der Waals surface area contributed by atoms with E-state index in [1.165, 1.54) is 12.1 Å². The molecule has 4 rings (SSSR count). The van der Waals surface area contributed by atoms with Gasteiger partial charge in [-0.25, -0.2) is 18.7 Å². The average Bonchev–Trinajstić information content (AvgIpc) is 3.09. The van der Waals surface area contributed by atoms with E-state index < -0.39 is 5.97 Å². The highest BCUT2D eigenvalue weighted by Gasteiger charge is 2.21. The second-order valence-electron chi connectivity index (χ2n) is 6.70. The SMILES string of the molecule is CCOC(=O)c1cnc2c(-c3ccccc3)c(Cc3ccc(F)cc3)nn2c1C. The summed E-state index contributed by atoms with van der Waals surface area (Å²) in [6.07, 6.45) is 2.06. The summed E-state index contributed by atoms with van der Waals surface area (Å²) in [6, 6.07) is 16.2. The largest absolute Gasteiger partial charge is 0.462 e. The summed E-state index contributed by atoms with van der Waals surface area (Å²) in [5.41, 5.74) is 5.34. The molecule has 5 nitrogen and oxygen atoms in total. The van der Waals surface area contributed by atoms with E-state index in [1.54, 1.807) is 29.8 Å². The molecule has 0 spiro atoms. The van der Waals surface area contributed by atoms with Crippen LogP contribution in [-0.4, -0.2) is 27.2 Å². The third kappa shape index (κ3) is 3.61. The normalized spacial score (nSPS) is 11.0. The lowest BCUT2D eigenvalue weighted by Gasteiger charge is -2.07. The average molecular weight is 389 g/mol. The highest BCUT2D eigenvalue weighted by atomic mass is 19.1. The molecule has 29 heavy (non-hydrogen) atoms. The van der Waals surface area contributed by atoms with Gasteiger partial charge >= 0.3 is 5.97 Å². The van der Waals surface area contributed by atoms with Crippen molar-refractivity contribution >= 4 is 11.6 Å². The lowest BCUT2D eigenvalue weighted by atomic mass is 10.0. The van der Waals surface area contributed by atoms with E-state index in [0.717, 1.165) is 22.4 Å². The van der Waals surface area contributed by atoms with Crippen LogP contribution in [0.3, 0.4) is 0 Å². The van der Waals surface area contributed by atoms with Crippen molar-refractivity contribution in [3.05, 3.63) is 89.1 Å². The quantitative estimate of drug-likeness (QED) is 0.468. The molecule has 0 N–H and O–H groups in total. The van der Waals surface area contributed by atoms with Crippen molar-refractivity contribution < 1.29 is 13.9 Å². The van der Waals surface area contributed by atoms with E-state index in [1.807, 2.05) is 37.3 Å². The third-order valence-corrected chi connectivity index (χ3v) is 4.80. The number of fused-ring (bicyclic) bond motifs is 1. The van der Waals surface area contributed by atoms with Crippen LogP contribution < -0.4 is 0 Å². The molecule has 0 saturated carbocycles. The minimum Gasteiger partial charge on any atom is -0.462 e. The maximum atomic E-state index is 13.3. The van der Waals surface area contributed by atoms with Gasteiger partial charge < -0.3 is 4.74 Å². The molecule has 0 radical (unpaired) electrons. The van der Waals surface area contributed by atoms with E-state index in [4.69, 9.17) is 9.84 Å². The fraction of sp³-hybridized carbons (Fsp3) is 0.174. The summed E-state index contributed by atoms with van der Waals surface area (Å²) in [5.74, 6) is -0.695. The van der Waals surface area contributed by atoms with Crippen molar-refractivity contribution in [2.45, 2.75) is 20.3 Å². The van der Waals surface area contributed by atoms with Crippen LogP contribution in [0.1, 0.15) is 34.2 Å². The molecule has 0 aliphatic rings. The first-order valence-corrected chi connectivity index (χ1v) is 9.42. The monoisotopic (exact) mass is 389 g/mol. The summed E-state index contributed by atoms with van der Waals surface area (Å²) >= 11 is 0. The molecule has 0 amide bonds. The number of carbonyl (C=O) groups is 1. The van der Waals surface area contributed by atoms with Crippen LogP contribution >= 0.6 is 0 Å². The van der Waals surface area contributed by atoms with Crippen LogP contribution in [0, 0.1) is 12.7 Å². The molecule has 0 bridgehead atoms. The van der Waals surface area contributed by atoms with Gasteiger partial charge in [0.2, 0.25) is 0 Å². The highest BCUT2D eigenvalue weighted by molar-refractivity contribution is 5.91. The molecule has 146 valence electrons. The van der Waals surface area contributed by atoms with E-state index in [2.05, 4.69) is 4.98 Å². The van der Waals surface area contributed by atoms with Crippen LogP contribution in [0.25, 0.3) is 16.8 Å². The predicted molar refractivity (Wildman–Crippen MR) is 108 cm³/mol. The van der Waals surface area contributed by atoms with Crippen LogP contribution in [0.5, 0.6) is 0 Å². The minimum atomic E-state index is -0.420. The summed E-state index contributed by atoms with van der Waals surface area (Å²) in [7, 11) is 0. The molecule has 0 saturated heterocycles.